The van der Waals surface area contributed by atoms with Crippen molar-refractivity contribution in [1.29, 1.82) is 0 Å². The smallest absolute Gasteiger partial charge is 0.336 e. The van der Waals surface area contributed by atoms with E-state index in [1.54, 1.807) is 25.1 Å². The molecule has 0 radical (unpaired) electrons. The van der Waals surface area contributed by atoms with Gasteiger partial charge < -0.3 is 24.5 Å². The highest BCUT2D eigenvalue weighted by molar-refractivity contribution is 7.99. The zero-order valence-corrected chi connectivity index (χ0v) is 12.6. The number of aliphatic hydroxyl groups is 3. The Morgan fingerprint density at radius 1 is 1.23 bits per heavy atom. The average molecular weight is 324 g/mol. The first kappa shape index (κ1) is 15.4. The second kappa shape index (κ2) is 5.92. The molecule has 1 aromatic heterocycles. The van der Waals surface area contributed by atoms with Gasteiger partial charge in [0.2, 0.25) is 0 Å². The van der Waals surface area contributed by atoms with E-state index in [0.29, 0.717) is 11.3 Å². The summed E-state index contributed by atoms with van der Waals surface area (Å²) in [5.41, 5.74) is 0.148. The Kier molecular flexibility index (Phi) is 4.14. The van der Waals surface area contributed by atoms with Gasteiger partial charge >= 0.3 is 5.63 Å². The van der Waals surface area contributed by atoms with Gasteiger partial charge in [-0.3, -0.25) is 0 Å². The molecule has 7 heteroatoms. The van der Waals surface area contributed by atoms with Gasteiger partial charge in [0, 0.05) is 17.2 Å². The van der Waals surface area contributed by atoms with Crippen LogP contribution in [0.2, 0.25) is 0 Å². The van der Waals surface area contributed by atoms with E-state index in [4.69, 9.17) is 9.15 Å². The van der Waals surface area contributed by atoms with Crippen LogP contribution in [-0.2, 0) is 0 Å². The lowest BCUT2D eigenvalue weighted by Crippen LogP contribution is -2.50. The van der Waals surface area contributed by atoms with Crippen molar-refractivity contribution in [3.05, 3.63) is 40.2 Å². The molecule has 6 nitrogen and oxygen atoms in total. The monoisotopic (exact) mass is 324 g/mol. The molecule has 1 aliphatic heterocycles. The van der Waals surface area contributed by atoms with Crippen molar-refractivity contribution in [2.75, 3.05) is 5.75 Å². The maximum absolute atomic E-state index is 11.3. The maximum Gasteiger partial charge on any atom is 0.336 e. The van der Waals surface area contributed by atoms with E-state index in [1.165, 1.54) is 17.8 Å². The summed E-state index contributed by atoms with van der Waals surface area (Å²) in [5, 5.41) is 29.9. The summed E-state index contributed by atoms with van der Waals surface area (Å²) in [5.74, 6) is 0.772. The molecule has 1 fully saturated rings. The van der Waals surface area contributed by atoms with Crippen molar-refractivity contribution in [3.8, 4) is 5.75 Å². The van der Waals surface area contributed by atoms with Crippen molar-refractivity contribution < 1.29 is 24.5 Å². The van der Waals surface area contributed by atoms with E-state index in [2.05, 4.69) is 0 Å². The van der Waals surface area contributed by atoms with Gasteiger partial charge in [0.05, 0.1) is 6.10 Å². The second-order valence-electron chi connectivity index (χ2n) is 5.27. The number of rotatable bonds is 2. The first-order valence-electron chi connectivity index (χ1n) is 6.82. The molecule has 1 saturated heterocycles. The highest BCUT2D eigenvalue weighted by atomic mass is 32.2. The van der Waals surface area contributed by atoms with Crippen molar-refractivity contribution in [2.24, 2.45) is 0 Å². The predicted octanol–water partition coefficient (Wildman–Crippen LogP) is 0.636. The third-order valence-electron chi connectivity index (χ3n) is 3.63. The number of ether oxygens (including phenoxy) is 1. The van der Waals surface area contributed by atoms with Gasteiger partial charge in [-0.25, -0.2) is 4.79 Å². The zero-order valence-electron chi connectivity index (χ0n) is 11.8. The highest BCUT2D eigenvalue weighted by Crippen LogP contribution is 2.30. The normalized spacial score (nSPS) is 28.7. The van der Waals surface area contributed by atoms with Gasteiger partial charge in [0.25, 0.3) is 0 Å². The summed E-state index contributed by atoms with van der Waals surface area (Å²) < 4.78 is 10.8. The standard InChI is InChI=1S/C15H16O6S/c1-7-4-12(17)21-11-3-2-8(5-9(7)11)20-15-14(19)13(18)10(16)6-22-15/h2-5,10,13-16,18-19H,6H2,1H3/t10-,13+,14-,15+/m1/s1. The first-order chi connectivity index (χ1) is 10.5. The molecule has 0 bridgehead atoms. The SMILES string of the molecule is Cc1cc(=O)oc2ccc(O[C@H]3SC[C@@H](O)[C@H](O)[C@H]3O)cc12. The third-order valence-corrected chi connectivity index (χ3v) is 4.86. The number of hydrogen-bond donors (Lipinski definition) is 3. The number of hydrogen-bond acceptors (Lipinski definition) is 7. The first-order valence-corrected chi connectivity index (χ1v) is 7.87. The van der Waals surface area contributed by atoms with Crippen LogP contribution in [0.4, 0.5) is 0 Å². The Morgan fingerprint density at radius 2 is 2.00 bits per heavy atom. The van der Waals surface area contributed by atoms with Gasteiger partial charge in [-0.1, -0.05) is 0 Å². The quantitative estimate of drug-likeness (QED) is 0.697. The van der Waals surface area contributed by atoms with Crippen LogP contribution in [-0.4, -0.2) is 44.8 Å². The fraction of sp³-hybridized carbons (Fsp3) is 0.400. The molecular weight excluding hydrogens is 308 g/mol. The predicted molar refractivity (Wildman–Crippen MR) is 82.1 cm³/mol. The lowest BCUT2D eigenvalue weighted by atomic mass is 10.1. The minimum absolute atomic E-state index is 0.282. The molecule has 4 atom stereocenters. The van der Waals surface area contributed by atoms with Crippen LogP contribution in [0.25, 0.3) is 11.0 Å². The Hall–Kier alpha value is -1.54. The Labute approximate surface area is 130 Å². The van der Waals surface area contributed by atoms with Gasteiger partial charge in [-0.15, -0.1) is 11.8 Å². The van der Waals surface area contributed by atoms with E-state index >= 15 is 0 Å². The Bertz CT molecular complexity index is 742. The van der Waals surface area contributed by atoms with Gasteiger partial charge in [0.1, 0.15) is 23.5 Å². The lowest BCUT2D eigenvalue weighted by Gasteiger charge is -2.34. The number of aryl methyl sites for hydroxylation is 1. The minimum Gasteiger partial charge on any atom is -0.477 e. The fourth-order valence-corrected chi connectivity index (χ4v) is 3.51. The van der Waals surface area contributed by atoms with Gasteiger partial charge in [-0.05, 0) is 30.7 Å². The molecule has 0 amide bonds. The zero-order chi connectivity index (χ0) is 15.9. The molecule has 0 spiro atoms. The molecule has 0 saturated carbocycles. The maximum atomic E-state index is 11.3. The Morgan fingerprint density at radius 3 is 2.77 bits per heavy atom. The molecule has 118 valence electrons. The van der Waals surface area contributed by atoms with Crippen LogP contribution in [0, 0.1) is 6.92 Å². The van der Waals surface area contributed by atoms with Gasteiger partial charge in [-0.2, -0.15) is 0 Å². The van der Waals surface area contributed by atoms with Crippen LogP contribution in [0.1, 0.15) is 5.56 Å². The summed E-state index contributed by atoms with van der Waals surface area (Å²) in [4.78, 5) is 11.3. The van der Waals surface area contributed by atoms with Crippen molar-refractivity contribution in [1.82, 2.24) is 0 Å². The number of fused-ring (bicyclic) bond motifs is 1. The van der Waals surface area contributed by atoms with E-state index in [0.717, 1.165) is 10.9 Å². The molecule has 3 rings (SSSR count). The molecule has 2 aromatic rings. The van der Waals surface area contributed by atoms with Crippen molar-refractivity contribution in [2.45, 2.75) is 30.7 Å². The molecule has 3 N–H and O–H groups in total. The summed E-state index contributed by atoms with van der Waals surface area (Å²) in [7, 11) is 0. The van der Waals surface area contributed by atoms with Crippen LogP contribution in [0.15, 0.2) is 33.5 Å². The van der Waals surface area contributed by atoms with Crippen molar-refractivity contribution >= 4 is 22.7 Å². The van der Waals surface area contributed by atoms with E-state index in [9.17, 15) is 20.1 Å². The molecule has 0 aliphatic carbocycles. The molecule has 0 unspecified atom stereocenters. The van der Waals surface area contributed by atoms with Crippen LogP contribution >= 0.6 is 11.8 Å². The van der Waals surface area contributed by atoms with Crippen LogP contribution in [0.5, 0.6) is 5.75 Å². The number of thioether (sulfide) groups is 1. The van der Waals surface area contributed by atoms with Crippen LogP contribution < -0.4 is 10.4 Å². The molecular formula is C15H16O6S. The van der Waals surface area contributed by atoms with Crippen molar-refractivity contribution in [3.63, 3.8) is 0 Å². The highest BCUT2D eigenvalue weighted by Gasteiger charge is 2.38. The number of benzene rings is 1. The topological polar surface area (TPSA) is 100 Å². The largest absolute Gasteiger partial charge is 0.477 e. The molecule has 1 aliphatic rings. The minimum atomic E-state index is -1.23. The summed E-state index contributed by atoms with van der Waals surface area (Å²) >= 11 is 1.23. The molecule has 2 heterocycles. The van der Waals surface area contributed by atoms with E-state index < -0.39 is 29.4 Å². The number of aliphatic hydroxyl groups excluding tert-OH is 3. The second-order valence-corrected chi connectivity index (χ2v) is 6.41. The Balaban J connectivity index is 1.87. The molecule has 1 aromatic carbocycles. The van der Waals surface area contributed by atoms with Crippen LogP contribution in [0.3, 0.4) is 0 Å². The average Bonchev–Trinajstić information content (AvgIpc) is 2.48. The van der Waals surface area contributed by atoms with E-state index in [-0.39, 0.29) is 5.75 Å². The lowest BCUT2D eigenvalue weighted by molar-refractivity contribution is -0.0785. The summed E-state index contributed by atoms with van der Waals surface area (Å²) in [6.45, 7) is 1.80. The fourth-order valence-electron chi connectivity index (χ4n) is 2.39. The van der Waals surface area contributed by atoms with Gasteiger partial charge in [0.15, 0.2) is 5.44 Å². The third kappa shape index (κ3) is 2.85. The summed E-state index contributed by atoms with van der Waals surface area (Å²) in [6, 6.07) is 6.38. The summed E-state index contributed by atoms with van der Waals surface area (Å²) in [6.07, 6.45) is -3.38. The molecule has 22 heavy (non-hydrogen) atoms. The van der Waals surface area contributed by atoms with E-state index in [1.807, 2.05) is 0 Å².